The Kier molecular flexibility index (Phi) is 11.7. The third kappa shape index (κ3) is 8.18. The van der Waals surface area contributed by atoms with Gasteiger partial charge in [-0.15, -0.1) is 54.1 Å². The van der Waals surface area contributed by atoms with Gasteiger partial charge in [-0.3, -0.25) is 0 Å². The molecule has 53 heavy (non-hydrogen) atoms. The van der Waals surface area contributed by atoms with Crippen LogP contribution in [0.4, 0.5) is 0 Å². The molecule has 1 aliphatic carbocycles. The minimum absolute atomic E-state index is 0. The van der Waals surface area contributed by atoms with E-state index in [0.29, 0.717) is 5.92 Å². The number of aromatic nitrogens is 2. The monoisotopic (exact) mass is 891 g/mol. The minimum atomic E-state index is -1.34. The summed E-state index contributed by atoms with van der Waals surface area (Å²) in [6.45, 7) is 16.4. The molecule has 8 rings (SSSR count). The molecule has 1 radical (unpaired) electrons. The third-order valence-corrected chi connectivity index (χ3v) is 13.1. The van der Waals surface area contributed by atoms with Crippen LogP contribution in [0.3, 0.4) is 0 Å². The fourth-order valence-electron chi connectivity index (χ4n) is 7.87. The van der Waals surface area contributed by atoms with Gasteiger partial charge in [-0.25, -0.2) is 0 Å². The Morgan fingerprint density at radius 2 is 1.51 bits per heavy atom. The summed E-state index contributed by atoms with van der Waals surface area (Å²) in [6.07, 6.45) is 9.38. The quantitative estimate of drug-likeness (QED) is 0.118. The van der Waals surface area contributed by atoms with Crippen LogP contribution in [-0.2, 0) is 25.5 Å². The first-order valence-corrected chi connectivity index (χ1v) is 22.4. The van der Waals surface area contributed by atoms with E-state index in [1.54, 1.807) is 0 Å². The van der Waals surface area contributed by atoms with E-state index in [-0.39, 0.29) is 25.5 Å². The standard InChI is InChI=1S/C31H28NO.C17H22NSi.Ir/c1-31(2,23-11-6-7-12-23)24-17-18-32-28(20-24)27-14-8-13-26-25-16-15-22(19-29(25)33-30(26)27)21-9-4-3-5-10-21;1-13(2)15-11-16(14-9-7-6-8-10-14)18-12-17(15)19(3,4)5;/h3-5,8-10,13,15-20,23H,6-7,11-12H2,1-2H3;6-9,11-13H,1-5H3;/q2*-1;. The largest absolute Gasteiger partial charge is 0.501 e. The molecule has 0 unspecified atom stereocenters. The molecular weight excluding hydrogens is 841 g/mol. The summed E-state index contributed by atoms with van der Waals surface area (Å²) in [4.78, 5) is 9.41. The summed E-state index contributed by atoms with van der Waals surface area (Å²) in [5, 5.41) is 3.71. The van der Waals surface area contributed by atoms with Gasteiger partial charge in [-0.05, 0) is 75.5 Å². The molecule has 0 spiro atoms. The van der Waals surface area contributed by atoms with Gasteiger partial charge in [-0.2, -0.15) is 0 Å². The maximum absolute atomic E-state index is 6.45. The van der Waals surface area contributed by atoms with E-state index < -0.39 is 8.07 Å². The van der Waals surface area contributed by atoms with Crippen molar-refractivity contribution in [1.29, 1.82) is 0 Å². The van der Waals surface area contributed by atoms with Crippen molar-refractivity contribution in [3.8, 4) is 33.6 Å². The van der Waals surface area contributed by atoms with Crippen molar-refractivity contribution in [2.75, 3.05) is 0 Å². The summed E-state index contributed by atoms with van der Waals surface area (Å²) in [6, 6.07) is 42.4. The molecule has 0 aliphatic heterocycles. The maximum atomic E-state index is 6.45. The van der Waals surface area contributed by atoms with Crippen LogP contribution in [0.1, 0.15) is 70.4 Å². The number of furan rings is 1. The van der Waals surface area contributed by atoms with Gasteiger partial charge in [-0.1, -0.05) is 131 Å². The van der Waals surface area contributed by atoms with Crippen molar-refractivity contribution in [3.05, 3.63) is 139 Å². The molecule has 0 saturated heterocycles. The van der Waals surface area contributed by atoms with E-state index >= 15 is 0 Å². The van der Waals surface area contributed by atoms with Gasteiger partial charge in [0.2, 0.25) is 0 Å². The smallest absolute Gasteiger partial charge is 0.121 e. The van der Waals surface area contributed by atoms with Crippen molar-refractivity contribution < 1.29 is 24.5 Å². The second-order valence-corrected chi connectivity index (χ2v) is 21.3. The zero-order chi connectivity index (χ0) is 36.5. The van der Waals surface area contributed by atoms with Crippen LogP contribution in [0, 0.1) is 18.1 Å². The second kappa shape index (κ2) is 16.1. The Bertz CT molecular complexity index is 2300. The van der Waals surface area contributed by atoms with Crippen LogP contribution < -0.4 is 5.19 Å². The summed E-state index contributed by atoms with van der Waals surface area (Å²) in [7, 11) is -1.34. The zero-order valence-corrected chi connectivity index (χ0v) is 35.5. The SMILES string of the molecule is CC(C)(c1ccnc(-c2[c-]ccc3c2oc2cc(-c4ccccc4)ccc23)c1)C1CCCC1.CC(C)c1cc(-c2[c-]cccc2)ncc1[Si](C)(C)C.[Ir]. The number of nitrogens with zero attached hydrogens (tertiary/aromatic N) is 2. The topological polar surface area (TPSA) is 38.9 Å². The first kappa shape index (κ1) is 38.6. The predicted molar refractivity (Wildman–Crippen MR) is 222 cm³/mol. The third-order valence-electron chi connectivity index (χ3n) is 11.0. The normalized spacial score (nSPS) is 13.6. The van der Waals surface area contributed by atoms with Gasteiger partial charge in [0, 0.05) is 37.9 Å². The minimum Gasteiger partial charge on any atom is -0.501 e. The van der Waals surface area contributed by atoms with Gasteiger partial charge in [0.15, 0.2) is 0 Å². The molecule has 0 N–H and O–H groups in total. The summed E-state index contributed by atoms with van der Waals surface area (Å²) < 4.78 is 6.45. The van der Waals surface area contributed by atoms with Crippen molar-refractivity contribution in [2.24, 2.45) is 5.92 Å². The molecule has 7 aromatic rings. The predicted octanol–water partition coefficient (Wildman–Crippen LogP) is 12.8. The molecule has 1 fully saturated rings. The molecule has 3 aromatic heterocycles. The van der Waals surface area contributed by atoms with Gasteiger partial charge >= 0.3 is 0 Å². The maximum Gasteiger partial charge on any atom is 0.121 e. The van der Waals surface area contributed by atoms with Gasteiger partial charge in [0.25, 0.3) is 0 Å². The Labute approximate surface area is 330 Å². The fraction of sp³-hybridized carbons (Fsp3) is 0.292. The number of hydrogen-bond acceptors (Lipinski definition) is 3. The Morgan fingerprint density at radius 1 is 0.755 bits per heavy atom. The number of fused-ring (bicyclic) bond motifs is 3. The molecule has 1 aliphatic rings. The van der Waals surface area contributed by atoms with Gasteiger partial charge in [0.1, 0.15) is 5.58 Å². The Morgan fingerprint density at radius 3 is 2.21 bits per heavy atom. The van der Waals surface area contributed by atoms with Crippen molar-refractivity contribution >= 4 is 35.2 Å². The van der Waals surface area contributed by atoms with E-state index in [0.717, 1.165) is 55.9 Å². The molecule has 0 bridgehead atoms. The molecule has 0 amide bonds. The van der Waals surface area contributed by atoms with Crippen LogP contribution >= 0.6 is 0 Å². The van der Waals surface area contributed by atoms with Crippen molar-refractivity contribution in [1.82, 2.24) is 9.97 Å². The molecule has 5 heteroatoms. The van der Waals surface area contributed by atoms with Crippen LogP contribution in [0.15, 0.2) is 120 Å². The Hall–Kier alpha value is -4.15. The van der Waals surface area contributed by atoms with Crippen LogP contribution in [0.5, 0.6) is 0 Å². The van der Waals surface area contributed by atoms with E-state index in [1.165, 1.54) is 47.6 Å². The summed E-state index contributed by atoms with van der Waals surface area (Å²) in [5.41, 5.74) is 11.0. The summed E-state index contributed by atoms with van der Waals surface area (Å²) in [5.74, 6) is 1.27. The Balaban J connectivity index is 0.000000206. The zero-order valence-electron chi connectivity index (χ0n) is 32.1. The van der Waals surface area contributed by atoms with Gasteiger partial charge in [0.05, 0.1) is 13.7 Å². The molecular formula is C48H50IrN2OSi-2. The molecule has 273 valence electrons. The molecule has 4 aromatic carbocycles. The summed E-state index contributed by atoms with van der Waals surface area (Å²) >= 11 is 0. The molecule has 0 atom stereocenters. The average Bonchev–Trinajstić information content (AvgIpc) is 3.85. The molecule has 3 heterocycles. The van der Waals surface area contributed by atoms with E-state index in [9.17, 15) is 0 Å². The van der Waals surface area contributed by atoms with Crippen molar-refractivity contribution in [3.63, 3.8) is 0 Å². The number of benzene rings is 4. The van der Waals surface area contributed by atoms with Gasteiger partial charge < -0.3 is 14.4 Å². The first-order chi connectivity index (χ1) is 25.0. The first-order valence-electron chi connectivity index (χ1n) is 18.9. The van der Waals surface area contributed by atoms with E-state index in [2.05, 4.69) is 143 Å². The number of hydrogen-bond donors (Lipinski definition) is 0. The second-order valence-electron chi connectivity index (χ2n) is 16.2. The average molecular weight is 891 g/mol. The van der Waals surface area contributed by atoms with Crippen LogP contribution in [0.25, 0.3) is 55.6 Å². The van der Waals surface area contributed by atoms with Crippen molar-refractivity contribution in [2.45, 2.75) is 84.4 Å². The molecule has 3 nitrogen and oxygen atoms in total. The van der Waals surface area contributed by atoms with Crippen LogP contribution in [-0.4, -0.2) is 18.0 Å². The fourth-order valence-corrected chi connectivity index (χ4v) is 9.55. The van der Waals surface area contributed by atoms with E-state index in [4.69, 9.17) is 9.40 Å². The number of rotatable bonds is 7. The van der Waals surface area contributed by atoms with Crippen LogP contribution in [0.2, 0.25) is 19.6 Å². The molecule has 1 saturated carbocycles. The van der Waals surface area contributed by atoms with E-state index in [1.807, 2.05) is 36.5 Å². The number of pyridine rings is 2.